The van der Waals surface area contributed by atoms with Crippen LogP contribution in [-0.2, 0) is 18.8 Å². The Morgan fingerprint density at radius 2 is 2.09 bits per heavy atom. The third-order valence-corrected chi connectivity index (χ3v) is 4.51. The summed E-state index contributed by atoms with van der Waals surface area (Å²) in [6.45, 7) is 2.76. The van der Waals surface area contributed by atoms with E-state index in [-0.39, 0.29) is 11.8 Å². The second-order valence-corrected chi connectivity index (χ2v) is 6.91. The number of amides is 2. The molecule has 0 aliphatic rings. The molecule has 0 saturated carbocycles. The molecule has 0 fully saturated rings. The number of halogens is 1. The van der Waals surface area contributed by atoms with Gasteiger partial charge in [-0.25, -0.2) is 14.2 Å². The first-order valence-electron chi connectivity index (χ1n) is 6.77. The number of nitrogens with one attached hydrogen (secondary N) is 2. The molecule has 2 rings (SSSR count). The van der Waals surface area contributed by atoms with Crippen LogP contribution in [0.2, 0.25) is 0 Å². The van der Waals surface area contributed by atoms with E-state index in [0.717, 1.165) is 26.8 Å². The average Bonchev–Trinajstić information content (AvgIpc) is 2.90. The van der Waals surface area contributed by atoms with Crippen molar-refractivity contribution < 1.29 is 9.18 Å². The van der Waals surface area contributed by atoms with Crippen molar-refractivity contribution in [3.05, 3.63) is 51.2 Å². The van der Waals surface area contributed by atoms with Crippen molar-refractivity contribution in [2.75, 3.05) is 6.26 Å². The van der Waals surface area contributed by atoms with Crippen molar-refractivity contribution in [2.24, 2.45) is 0 Å². The summed E-state index contributed by atoms with van der Waals surface area (Å²) in [5.41, 5.74) is 1.84. The van der Waals surface area contributed by atoms with Crippen LogP contribution >= 0.6 is 23.1 Å². The first kappa shape index (κ1) is 16.8. The molecule has 2 amide bonds. The Bertz CT molecular complexity index is 645. The number of urea groups is 1. The minimum absolute atomic E-state index is 0.245. The minimum atomic E-state index is -0.252. The van der Waals surface area contributed by atoms with Gasteiger partial charge in [0.15, 0.2) is 0 Å². The summed E-state index contributed by atoms with van der Waals surface area (Å²) in [6, 6.07) is 4.41. The molecule has 0 atom stereocenters. The topological polar surface area (TPSA) is 54.0 Å². The molecule has 1 aromatic carbocycles. The minimum Gasteiger partial charge on any atom is -0.334 e. The number of hydrogen-bond donors (Lipinski definition) is 2. The summed E-state index contributed by atoms with van der Waals surface area (Å²) in [5, 5.41) is 6.56. The van der Waals surface area contributed by atoms with E-state index in [1.807, 2.05) is 13.2 Å². The van der Waals surface area contributed by atoms with Gasteiger partial charge in [0.1, 0.15) is 5.82 Å². The van der Waals surface area contributed by atoms with Crippen molar-refractivity contribution in [2.45, 2.75) is 25.8 Å². The molecular weight excluding hydrogens is 321 g/mol. The van der Waals surface area contributed by atoms with Crippen LogP contribution in [0.25, 0.3) is 0 Å². The molecule has 0 radical (unpaired) electrons. The van der Waals surface area contributed by atoms with Gasteiger partial charge in [-0.05, 0) is 36.4 Å². The van der Waals surface area contributed by atoms with Crippen LogP contribution in [0.5, 0.6) is 0 Å². The van der Waals surface area contributed by atoms with Crippen molar-refractivity contribution in [1.29, 1.82) is 0 Å². The van der Waals surface area contributed by atoms with Crippen LogP contribution in [0.15, 0.2) is 24.4 Å². The fourth-order valence-electron chi connectivity index (χ4n) is 1.95. The van der Waals surface area contributed by atoms with E-state index in [4.69, 9.17) is 0 Å². The molecule has 7 heteroatoms. The van der Waals surface area contributed by atoms with Crippen LogP contribution in [0.4, 0.5) is 9.18 Å². The largest absolute Gasteiger partial charge is 0.334 e. The van der Waals surface area contributed by atoms with Crippen LogP contribution in [0.3, 0.4) is 0 Å². The quantitative estimate of drug-likeness (QED) is 0.847. The molecule has 0 unspecified atom stereocenters. The fourth-order valence-corrected chi connectivity index (χ4v) is 3.26. The van der Waals surface area contributed by atoms with E-state index in [1.165, 1.54) is 12.1 Å². The Morgan fingerprint density at radius 3 is 2.77 bits per heavy atom. The van der Waals surface area contributed by atoms with Gasteiger partial charge < -0.3 is 10.6 Å². The van der Waals surface area contributed by atoms with Gasteiger partial charge in [0.05, 0.1) is 11.6 Å². The molecule has 0 aliphatic carbocycles. The van der Waals surface area contributed by atoms with Gasteiger partial charge in [-0.2, -0.15) is 11.8 Å². The maximum Gasteiger partial charge on any atom is 0.315 e. The maximum atomic E-state index is 13.3. The van der Waals surface area contributed by atoms with Gasteiger partial charge in [-0.15, -0.1) is 11.3 Å². The zero-order chi connectivity index (χ0) is 15.9. The van der Waals surface area contributed by atoms with Gasteiger partial charge in [0.2, 0.25) is 0 Å². The zero-order valence-corrected chi connectivity index (χ0v) is 14.1. The monoisotopic (exact) mass is 339 g/mol. The van der Waals surface area contributed by atoms with Gasteiger partial charge in [-0.1, -0.05) is 6.07 Å². The van der Waals surface area contributed by atoms with Gasteiger partial charge in [0.25, 0.3) is 0 Å². The highest BCUT2D eigenvalue weighted by Crippen LogP contribution is 2.16. The van der Waals surface area contributed by atoms with Crippen LogP contribution < -0.4 is 10.6 Å². The van der Waals surface area contributed by atoms with Crippen molar-refractivity contribution >= 4 is 29.1 Å². The number of hydrogen-bond acceptors (Lipinski definition) is 4. The van der Waals surface area contributed by atoms with E-state index >= 15 is 0 Å². The number of thioether (sulfide) groups is 1. The lowest BCUT2D eigenvalue weighted by Gasteiger charge is -2.11. The molecule has 1 aromatic heterocycles. The molecule has 4 nitrogen and oxygen atoms in total. The molecule has 0 saturated heterocycles. The molecule has 2 aromatic rings. The van der Waals surface area contributed by atoms with Crippen LogP contribution in [0, 0.1) is 12.7 Å². The predicted octanol–water partition coefficient (Wildman–Crippen LogP) is 3.45. The predicted molar refractivity (Wildman–Crippen MR) is 89.5 cm³/mol. The summed E-state index contributed by atoms with van der Waals surface area (Å²) in [5.74, 6) is 0.467. The Balaban J connectivity index is 1.85. The van der Waals surface area contributed by atoms with Crippen molar-refractivity contribution in [3.8, 4) is 0 Å². The molecule has 22 heavy (non-hydrogen) atoms. The number of carbonyl (C=O) groups excluding carboxylic acids is 1. The first-order valence-corrected chi connectivity index (χ1v) is 8.98. The Kier molecular flexibility index (Phi) is 6.21. The molecule has 0 spiro atoms. The normalized spacial score (nSPS) is 10.5. The average molecular weight is 339 g/mol. The summed E-state index contributed by atoms with van der Waals surface area (Å²) >= 11 is 3.18. The number of aromatic nitrogens is 1. The molecular formula is C15H18FN3OS2. The van der Waals surface area contributed by atoms with E-state index in [9.17, 15) is 9.18 Å². The number of thiazole rings is 1. The summed E-state index contributed by atoms with van der Waals surface area (Å²) < 4.78 is 13.3. The lowest BCUT2D eigenvalue weighted by molar-refractivity contribution is 0.240. The summed E-state index contributed by atoms with van der Waals surface area (Å²) in [4.78, 5) is 17.0. The Hall–Kier alpha value is -1.60. The highest BCUT2D eigenvalue weighted by molar-refractivity contribution is 7.97. The smallest absolute Gasteiger partial charge is 0.315 e. The molecule has 0 bridgehead atoms. The number of nitrogens with zero attached hydrogens (tertiary/aromatic N) is 1. The number of carbonyl (C=O) groups is 1. The fraction of sp³-hybridized carbons (Fsp3) is 0.333. The number of benzene rings is 1. The SMILES string of the molecule is CSCc1cc(F)ccc1CNC(=O)NCc1cnc(C)s1. The van der Waals surface area contributed by atoms with Gasteiger partial charge in [-0.3, -0.25) is 0 Å². The maximum absolute atomic E-state index is 13.3. The molecule has 118 valence electrons. The van der Waals surface area contributed by atoms with Crippen LogP contribution in [0.1, 0.15) is 21.0 Å². The van der Waals surface area contributed by atoms with Crippen molar-refractivity contribution in [3.63, 3.8) is 0 Å². The molecule has 1 heterocycles. The second kappa shape index (κ2) is 8.14. The highest BCUT2D eigenvalue weighted by Gasteiger charge is 2.07. The van der Waals surface area contributed by atoms with E-state index < -0.39 is 0 Å². The Morgan fingerprint density at radius 1 is 1.32 bits per heavy atom. The van der Waals surface area contributed by atoms with E-state index in [1.54, 1.807) is 35.4 Å². The summed E-state index contributed by atoms with van der Waals surface area (Å²) in [7, 11) is 0. The third-order valence-electron chi connectivity index (χ3n) is 3.00. The number of aryl methyl sites for hydroxylation is 1. The zero-order valence-electron chi connectivity index (χ0n) is 12.5. The highest BCUT2D eigenvalue weighted by atomic mass is 32.2. The van der Waals surface area contributed by atoms with Gasteiger partial charge in [0, 0.05) is 23.4 Å². The standard InChI is InChI=1S/C15H18FN3OS2/c1-10-17-7-14(22-10)8-19-15(20)18-6-11-3-4-13(16)5-12(11)9-21-2/h3-5,7H,6,8-9H2,1-2H3,(H2,18,19,20). The van der Waals surface area contributed by atoms with E-state index in [2.05, 4.69) is 15.6 Å². The van der Waals surface area contributed by atoms with Gasteiger partial charge >= 0.3 is 6.03 Å². The second-order valence-electron chi connectivity index (χ2n) is 4.73. The molecule has 0 aliphatic heterocycles. The van der Waals surface area contributed by atoms with Crippen molar-refractivity contribution in [1.82, 2.24) is 15.6 Å². The Labute approximate surface area is 137 Å². The van der Waals surface area contributed by atoms with E-state index in [0.29, 0.717) is 13.1 Å². The third kappa shape index (κ3) is 4.99. The molecule has 2 N–H and O–H groups in total. The number of rotatable bonds is 6. The lowest BCUT2D eigenvalue weighted by Crippen LogP contribution is -2.34. The summed E-state index contributed by atoms with van der Waals surface area (Å²) in [6.07, 6.45) is 3.72. The van der Waals surface area contributed by atoms with Crippen LogP contribution in [-0.4, -0.2) is 17.3 Å². The first-order chi connectivity index (χ1) is 10.6. The lowest BCUT2D eigenvalue weighted by atomic mass is 10.1.